The highest BCUT2D eigenvalue weighted by Crippen LogP contribution is 2.52. The number of carbonyl (C=O) groups excluding carboxylic acids is 2. The van der Waals surface area contributed by atoms with Gasteiger partial charge in [0.15, 0.2) is 11.6 Å². The summed E-state index contributed by atoms with van der Waals surface area (Å²) in [6.07, 6.45) is 1.78. The summed E-state index contributed by atoms with van der Waals surface area (Å²) >= 11 is 6.37. The largest absolute Gasteiger partial charge is 0.496 e. The third-order valence-electron chi connectivity index (χ3n) is 5.35. The van der Waals surface area contributed by atoms with Crippen LogP contribution in [0.2, 0.25) is 5.02 Å². The quantitative estimate of drug-likeness (QED) is 0.710. The van der Waals surface area contributed by atoms with Gasteiger partial charge in [0.05, 0.1) is 20.8 Å². The molecule has 1 aromatic heterocycles. The summed E-state index contributed by atoms with van der Waals surface area (Å²) in [7, 11) is 2.87. The molecule has 1 aromatic carbocycles. The normalized spacial score (nSPS) is 22.6. The molecular weight excluding hydrogens is 414 g/mol. The Morgan fingerprint density at radius 1 is 1.30 bits per heavy atom. The van der Waals surface area contributed by atoms with Gasteiger partial charge < -0.3 is 24.1 Å². The Kier molecular flexibility index (Phi) is 4.93. The molecule has 1 aliphatic heterocycles. The van der Waals surface area contributed by atoms with E-state index < -0.39 is 23.1 Å². The summed E-state index contributed by atoms with van der Waals surface area (Å²) in [5.41, 5.74) is -0.899. The molecule has 1 spiro atoms. The first-order valence-electron chi connectivity index (χ1n) is 9.28. The fourth-order valence-corrected chi connectivity index (χ4v) is 4.12. The number of aryl methyl sites for hydroxylation is 1. The molecule has 1 aliphatic carbocycles. The summed E-state index contributed by atoms with van der Waals surface area (Å²) in [6, 6.07) is 1.51. The van der Waals surface area contributed by atoms with Crippen molar-refractivity contribution in [1.82, 2.24) is 15.5 Å². The number of fused-ring (bicyclic) bond motifs is 1. The van der Waals surface area contributed by atoms with Crippen LogP contribution in [0.25, 0.3) is 0 Å². The van der Waals surface area contributed by atoms with E-state index >= 15 is 0 Å². The zero-order valence-corrected chi connectivity index (χ0v) is 17.6. The van der Waals surface area contributed by atoms with Gasteiger partial charge in [-0.05, 0) is 13.3 Å². The Balaban J connectivity index is 1.66. The number of ether oxygens (including phenoxy) is 3. The molecule has 0 radical (unpaired) electrons. The highest BCUT2D eigenvalue weighted by molar-refractivity contribution is 6.36. The number of ketones is 2. The minimum atomic E-state index is -1.70. The van der Waals surface area contributed by atoms with Gasteiger partial charge in [-0.3, -0.25) is 9.59 Å². The van der Waals surface area contributed by atoms with E-state index in [1.807, 2.05) is 0 Å². The van der Waals surface area contributed by atoms with Gasteiger partial charge in [0.2, 0.25) is 23.1 Å². The first-order valence-corrected chi connectivity index (χ1v) is 9.66. The van der Waals surface area contributed by atoms with Gasteiger partial charge >= 0.3 is 0 Å². The molecule has 2 atom stereocenters. The number of aromatic nitrogens is 2. The standard InChI is InChI=1S/C20H20ClN3O6/c1-9-5-11(22-8-15-23-10(2)24-30-15)6-14(25)20(9)19(26)16-12(27-3)7-13(28-4)17(21)18(16)29-20/h6-7,9,22H,5,8H2,1-4H3. The fourth-order valence-electron chi connectivity index (χ4n) is 3.85. The molecule has 158 valence electrons. The number of allylic oxidation sites excluding steroid dienone is 1. The molecular formula is C20H20ClN3O6. The Morgan fingerprint density at radius 2 is 2.03 bits per heavy atom. The Morgan fingerprint density at radius 3 is 2.63 bits per heavy atom. The van der Waals surface area contributed by atoms with Gasteiger partial charge in [-0.15, -0.1) is 0 Å². The van der Waals surface area contributed by atoms with Crippen LogP contribution >= 0.6 is 11.6 Å². The van der Waals surface area contributed by atoms with Gasteiger partial charge in [0, 0.05) is 23.8 Å². The van der Waals surface area contributed by atoms with Crippen LogP contribution in [0, 0.1) is 12.8 Å². The number of hydrogen-bond donors (Lipinski definition) is 1. The van der Waals surface area contributed by atoms with Crippen LogP contribution in [-0.2, 0) is 11.3 Å². The van der Waals surface area contributed by atoms with Crippen molar-refractivity contribution in [2.45, 2.75) is 32.4 Å². The maximum Gasteiger partial charge on any atom is 0.245 e. The number of halogens is 1. The minimum Gasteiger partial charge on any atom is -0.496 e. The van der Waals surface area contributed by atoms with Crippen molar-refractivity contribution in [3.8, 4) is 17.2 Å². The van der Waals surface area contributed by atoms with Crippen molar-refractivity contribution in [2.24, 2.45) is 5.92 Å². The van der Waals surface area contributed by atoms with Crippen molar-refractivity contribution in [3.05, 3.63) is 40.1 Å². The molecule has 1 N–H and O–H groups in total. The summed E-state index contributed by atoms with van der Waals surface area (Å²) in [5, 5.41) is 6.96. The molecule has 0 amide bonds. The van der Waals surface area contributed by atoms with Crippen molar-refractivity contribution in [3.63, 3.8) is 0 Å². The fraction of sp³-hybridized carbons (Fsp3) is 0.400. The van der Waals surface area contributed by atoms with Crippen molar-refractivity contribution >= 4 is 23.2 Å². The number of nitrogens with one attached hydrogen (secondary N) is 1. The van der Waals surface area contributed by atoms with Crippen molar-refractivity contribution in [2.75, 3.05) is 14.2 Å². The molecule has 9 nitrogen and oxygen atoms in total. The van der Waals surface area contributed by atoms with E-state index in [9.17, 15) is 9.59 Å². The first kappa shape index (κ1) is 20.2. The number of Topliss-reactive ketones (excluding diaryl/α,β-unsaturated/α-hetero) is 1. The molecule has 0 saturated carbocycles. The maximum atomic E-state index is 13.4. The van der Waals surface area contributed by atoms with E-state index in [0.29, 0.717) is 29.6 Å². The Hall–Kier alpha value is -3.07. The zero-order chi connectivity index (χ0) is 21.6. The lowest BCUT2D eigenvalue weighted by molar-refractivity contribution is -0.129. The lowest BCUT2D eigenvalue weighted by Crippen LogP contribution is -2.55. The van der Waals surface area contributed by atoms with E-state index in [4.69, 9.17) is 30.3 Å². The number of nitrogens with zero attached hydrogens (tertiary/aromatic N) is 2. The van der Waals surface area contributed by atoms with E-state index in [1.54, 1.807) is 13.8 Å². The predicted octanol–water partition coefficient (Wildman–Crippen LogP) is 2.65. The second kappa shape index (κ2) is 7.32. The topological polar surface area (TPSA) is 113 Å². The van der Waals surface area contributed by atoms with Crippen LogP contribution in [0.15, 0.2) is 22.4 Å². The molecule has 30 heavy (non-hydrogen) atoms. The molecule has 10 heteroatoms. The summed E-state index contributed by atoms with van der Waals surface area (Å²) < 4.78 is 21.6. The SMILES string of the molecule is COc1cc(OC)c2c(c1Cl)OC1(C(=O)C=C(NCc3nc(C)no3)CC1C)C2=O. The average Bonchev–Trinajstić information content (AvgIpc) is 3.27. The van der Waals surface area contributed by atoms with E-state index in [-0.39, 0.29) is 28.6 Å². The van der Waals surface area contributed by atoms with Crippen LogP contribution in [0.1, 0.15) is 35.4 Å². The summed E-state index contributed by atoms with van der Waals surface area (Å²) in [5.74, 6) is 0.157. The second-order valence-electron chi connectivity index (χ2n) is 7.19. The van der Waals surface area contributed by atoms with Gasteiger partial charge in [0.25, 0.3) is 0 Å². The number of benzene rings is 1. The number of rotatable bonds is 5. The number of carbonyl (C=O) groups is 2. The molecule has 2 aromatic rings. The maximum absolute atomic E-state index is 13.4. The van der Waals surface area contributed by atoms with Crippen LogP contribution in [0.4, 0.5) is 0 Å². The lowest BCUT2D eigenvalue weighted by Gasteiger charge is -2.35. The van der Waals surface area contributed by atoms with E-state index in [2.05, 4.69) is 15.5 Å². The highest BCUT2D eigenvalue weighted by atomic mass is 35.5. The van der Waals surface area contributed by atoms with Crippen LogP contribution in [0.3, 0.4) is 0 Å². The van der Waals surface area contributed by atoms with Crippen molar-refractivity contribution < 1.29 is 28.3 Å². The average molecular weight is 434 g/mol. The van der Waals surface area contributed by atoms with E-state index in [0.717, 1.165) is 0 Å². The van der Waals surface area contributed by atoms with Crippen molar-refractivity contribution in [1.29, 1.82) is 0 Å². The van der Waals surface area contributed by atoms with Crippen LogP contribution in [-0.4, -0.2) is 41.5 Å². The molecule has 2 heterocycles. The molecule has 2 unspecified atom stereocenters. The predicted molar refractivity (Wildman–Crippen MR) is 105 cm³/mol. The first-order chi connectivity index (χ1) is 14.3. The molecule has 0 bridgehead atoms. The molecule has 4 rings (SSSR count). The second-order valence-corrected chi connectivity index (χ2v) is 7.57. The molecule has 0 saturated heterocycles. The highest BCUT2D eigenvalue weighted by Gasteiger charge is 2.60. The number of hydrogen-bond acceptors (Lipinski definition) is 9. The summed E-state index contributed by atoms with van der Waals surface area (Å²) in [4.78, 5) is 30.7. The lowest BCUT2D eigenvalue weighted by atomic mass is 9.74. The minimum absolute atomic E-state index is 0.101. The monoisotopic (exact) mass is 433 g/mol. The number of methoxy groups -OCH3 is 2. The van der Waals surface area contributed by atoms with Crippen LogP contribution in [0.5, 0.6) is 17.2 Å². The Bertz CT molecular complexity index is 1080. The smallest absolute Gasteiger partial charge is 0.245 e. The van der Waals surface area contributed by atoms with Crippen LogP contribution < -0.4 is 19.5 Å². The van der Waals surface area contributed by atoms with Gasteiger partial charge in [-0.2, -0.15) is 4.98 Å². The van der Waals surface area contributed by atoms with Gasteiger partial charge in [-0.1, -0.05) is 23.7 Å². The third-order valence-corrected chi connectivity index (χ3v) is 5.70. The molecule has 0 fully saturated rings. The molecule has 2 aliphatic rings. The summed E-state index contributed by atoms with van der Waals surface area (Å²) in [6.45, 7) is 3.77. The van der Waals surface area contributed by atoms with Gasteiger partial charge in [-0.25, -0.2) is 0 Å². The zero-order valence-electron chi connectivity index (χ0n) is 16.9. The van der Waals surface area contributed by atoms with E-state index in [1.165, 1.54) is 26.4 Å². The Labute approximate surface area is 177 Å². The van der Waals surface area contributed by atoms with Gasteiger partial charge in [0.1, 0.15) is 22.1 Å². The third kappa shape index (κ3) is 2.92.